The molecule has 0 saturated carbocycles. The van der Waals surface area contributed by atoms with Crippen molar-refractivity contribution in [1.82, 2.24) is 0 Å². The van der Waals surface area contributed by atoms with E-state index in [9.17, 15) is 4.79 Å². The summed E-state index contributed by atoms with van der Waals surface area (Å²) in [6, 6.07) is 5.40. The molecule has 1 unspecified atom stereocenters. The predicted octanol–water partition coefficient (Wildman–Crippen LogP) is 0.811. The molecule has 0 fully saturated rings. The second-order valence-electron chi connectivity index (χ2n) is 3.46. The normalized spacial score (nSPS) is 19.9. The fraction of sp³-hybridized carbons (Fsp3) is 0.300. The maximum atomic E-state index is 10.7. The molecule has 3 nitrogen and oxygen atoms in total. The molecule has 0 saturated heterocycles. The van der Waals surface area contributed by atoms with Gasteiger partial charge in [0, 0.05) is 6.04 Å². The van der Waals surface area contributed by atoms with E-state index in [-0.39, 0.29) is 6.04 Å². The van der Waals surface area contributed by atoms with Crippen molar-refractivity contribution in [3.63, 3.8) is 0 Å². The van der Waals surface area contributed by atoms with Gasteiger partial charge in [0.05, 0.1) is 5.56 Å². The molecule has 1 aromatic carbocycles. The average Bonchev–Trinajstić information content (AvgIpc) is 2.42. The molecular formula is C10H11NO2. The van der Waals surface area contributed by atoms with Gasteiger partial charge in [-0.3, -0.25) is 0 Å². The second-order valence-corrected chi connectivity index (χ2v) is 3.46. The van der Waals surface area contributed by atoms with Crippen LogP contribution in [0.3, 0.4) is 0 Å². The summed E-state index contributed by atoms with van der Waals surface area (Å²) in [7, 11) is 0. The predicted molar refractivity (Wildman–Crippen MR) is 48.8 cm³/mol. The Bertz CT molecular complexity index is 360. The van der Waals surface area contributed by atoms with Crippen molar-refractivity contribution in [3.8, 4) is 0 Å². The fourth-order valence-electron chi connectivity index (χ4n) is 1.79. The monoisotopic (exact) mass is 177 g/mol. The minimum absolute atomic E-state index is 0.166. The Balaban J connectivity index is 2.40. The Kier molecular flexibility index (Phi) is 1.81. The lowest BCUT2D eigenvalue weighted by molar-refractivity contribution is 0.0697. The standard InChI is InChI=1S/C10H11NO2/c11-9-4-6-1-2-7(10(12)13)3-8(6)5-9/h1-3,9H,4-5,11H2,(H,12,13). The van der Waals surface area contributed by atoms with Crippen molar-refractivity contribution >= 4 is 5.97 Å². The molecule has 1 aliphatic rings. The summed E-state index contributed by atoms with van der Waals surface area (Å²) in [6.45, 7) is 0. The number of carboxylic acid groups (broad SMARTS) is 1. The molecule has 3 N–H and O–H groups in total. The molecule has 68 valence electrons. The smallest absolute Gasteiger partial charge is 0.335 e. The van der Waals surface area contributed by atoms with E-state index in [0.717, 1.165) is 18.4 Å². The summed E-state index contributed by atoms with van der Waals surface area (Å²) >= 11 is 0. The van der Waals surface area contributed by atoms with Crippen LogP contribution in [-0.2, 0) is 12.8 Å². The molecule has 0 bridgehead atoms. The third-order valence-electron chi connectivity index (χ3n) is 2.42. The zero-order chi connectivity index (χ0) is 9.42. The molecule has 0 radical (unpaired) electrons. The van der Waals surface area contributed by atoms with Crippen molar-refractivity contribution < 1.29 is 9.90 Å². The first-order valence-corrected chi connectivity index (χ1v) is 4.27. The van der Waals surface area contributed by atoms with Gasteiger partial charge in [-0.25, -0.2) is 4.79 Å². The van der Waals surface area contributed by atoms with E-state index in [2.05, 4.69) is 0 Å². The van der Waals surface area contributed by atoms with Crippen molar-refractivity contribution in [1.29, 1.82) is 0 Å². The Morgan fingerprint density at radius 3 is 2.77 bits per heavy atom. The number of fused-ring (bicyclic) bond motifs is 1. The molecule has 1 aliphatic carbocycles. The van der Waals surface area contributed by atoms with Gasteiger partial charge in [-0.05, 0) is 36.1 Å². The van der Waals surface area contributed by atoms with E-state index < -0.39 is 5.97 Å². The molecule has 0 aromatic heterocycles. The topological polar surface area (TPSA) is 63.3 Å². The highest BCUT2D eigenvalue weighted by Crippen LogP contribution is 2.22. The molecule has 13 heavy (non-hydrogen) atoms. The first kappa shape index (κ1) is 8.26. The maximum Gasteiger partial charge on any atom is 0.335 e. The van der Waals surface area contributed by atoms with Crippen LogP contribution in [0.1, 0.15) is 21.5 Å². The lowest BCUT2D eigenvalue weighted by Gasteiger charge is -1.99. The molecule has 0 heterocycles. The van der Waals surface area contributed by atoms with E-state index in [0.29, 0.717) is 5.56 Å². The number of hydrogen-bond donors (Lipinski definition) is 2. The summed E-state index contributed by atoms with van der Waals surface area (Å²) in [5.74, 6) is -0.872. The van der Waals surface area contributed by atoms with Crippen molar-refractivity contribution in [3.05, 3.63) is 34.9 Å². The quantitative estimate of drug-likeness (QED) is 0.667. The average molecular weight is 177 g/mol. The summed E-state index contributed by atoms with van der Waals surface area (Å²) in [5.41, 5.74) is 8.40. The van der Waals surface area contributed by atoms with E-state index in [4.69, 9.17) is 10.8 Å². The molecule has 2 rings (SSSR count). The van der Waals surface area contributed by atoms with Crippen LogP contribution in [0.2, 0.25) is 0 Å². The number of rotatable bonds is 1. The van der Waals surface area contributed by atoms with Crippen LogP contribution in [0, 0.1) is 0 Å². The van der Waals surface area contributed by atoms with E-state index in [1.165, 1.54) is 5.56 Å². The lowest BCUT2D eigenvalue weighted by atomic mass is 10.1. The number of nitrogens with two attached hydrogens (primary N) is 1. The van der Waals surface area contributed by atoms with Crippen LogP contribution < -0.4 is 5.73 Å². The van der Waals surface area contributed by atoms with Gasteiger partial charge in [-0.15, -0.1) is 0 Å². The number of aromatic carboxylic acids is 1. The third-order valence-corrected chi connectivity index (χ3v) is 2.42. The molecular weight excluding hydrogens is 166 g/mol. The van der Waals surface area contributed by atoms with Crippen LogP contribution in [0.25, 0.3) is 0 Å². The van der Waals surface area contributed by atoms with Gasteiger partial charge in [0.25, 0.3) is 0 Å². The Morgan fingerprint density at radius 2 is 2.08 bits per heavy atom. The van der Waals surface area contributed by atoms with Gasteiger partial charge in [0.2, 0.25) is 0 Å². The molecule has 1 aromatic rings. The van der Waals surface area contributed by atoms with Gasteiger partial charge in [-0.1, -0.05) is 6.07 Å². The minimum Gasteiger partial charge on any atom is -0.478 e. The molecule has 0 aliphatic heterocycles. The third kappa shape index (κ3) is 1.42. The van der Waals surface area contributed by atoms with Crippen LogP contribution in [-0.4, -0.2) is 17.1 Å². The Labute approximate surface area is 76.2 Å². The SMILES string of the molecule is NC1Cc2ccc(C(=O)O)cc2C1. The maximum absolute atomic E-state index is 10.7. The highest BCUT2D eigenvalue weighted by atomic mass is 16.4. The van der Waals surface area contributed by atoms with Crippen molar-refractivity contribution in [2.45, 2.75) is 18.9 Å². The summed E-state index contributed by atoms with van der Waals surface area (Å²) in [4.78, 5) is 10.7. The molecule has 0 amide bonds. The zero-order valence-electron chi connectivity index (χ0n) is 7.16. The minimum atomic E-state index is -0.872. The Morgan fingerprint density at radius 1 is 1.38 bits per heavy atom. The fourth-order valence-corrected chi connectivity index (χ4v) is 1.79. The van der Waals surface area contributed by atoms with Crippen LogP contribution in [0.5, 0.6) is 0 Å². The first-order chi connectivity index (χ1) is 6.16. The summed E-state index contributed by atoms with van der Waals surface area (Å²) in [5, 5.41) is 8.75. The second kappa shape index (κ2) is 2.85. The molecule has 1 atom stereocenters. The zero-order valence-corrected chi connectivity index (χ0v) is 7.16. The van der Waals surface area contributed by atoms with Crippen LogP contribution in [0.15, 0.2) is 18.2 Å². The van der Waals surface area contributed by atoms with Crippen molar-refractivity contribution in [2.75, 3.05) is 0 Å². The summed E-state index contributed by atoms with van der Waals surface area (Å²) < 4.78 is 0. The molecule has 3 heteroatoms. The molecule has 0 spiro atoms. The van der Waals surface area contributed by atoms with Gasteiger partial charge >= 0.3 is 5.97 Å². The van der Waals surface area contributed by atoms with Crippen LogP contribution >= 0.6 is 0 Å². The largest absolute Gasteiger partial charge is 0.478 e. The Hall–Kier alpha value is -1.35. The van der Waals surface area contributed by atoms with Gasteiger partial charge in [0.1, 0.15) is 0 Å². The van der Waals surface area contributed by atoms with Gasteiger partial charge in [-0.2, -0.15) is 0 Å². The number of carboxylic acids is 1. The first-order valence-electron chi connectivity index (χ1n) is 4.27. The highest BCUT2D eigenvalue weighted by molar-refractivity contribution is 5.88. The van der Waals surface area contributed by atoms with Gasteiger partial charge in [0.15, 0.2) is 0 Å². The summed E-state index contributed by atoms with van der Waals surface area (Å²) in [6.07, 6.45) is 1.67. The van der Waals surface area contributed by atoms with Gasteiger partial charge < -0.3 is 10.8 Å². The van der Waals surface area contributed by atoms with Crippen molar-refractivity contribution in [2.24, 2.45) is 5.73 Å². The van der Waals surface area contributed by atoms with E-state index in [1.807, 2.05) is 6.07 Å². The van der Waals surface area contributed by atoms with Crippen LogP contribution in [0.4, 0.5) is 0 Å². The van der Waals surface area contributed by atoms with E-state index >= 15 is 0 Å². The number of carbonyl (C=O) groups is 1. The van der Waals surface area contributed by atoms with E-state index in [1.54, 1.807) is 12.1 Å². The highest BCUT2D eigenvalue weighted by Gasteiger charge is 2.18. The number of hydrogen-bond acceptors (Lipinski definition) is 2. The number of benzene rings is 1. The lowest BCUT2D eigenvalue weighted by Crippen LogP contribution is -2.19.